The van der Waals surface area contributed by atoms with Crippen molar-refractivity contribution in [2.24, 2.45) is 10.8 Å². The molecule has 0 aromatic carbocycles. The molecule has 2 N–H and O–H groups in total. The van der Waals surface area contributed by atoms with Crippen LogP contribution in [0, 0.1) is 17.8 Å². The minimum absolute atomic E-state index is 0.0752. The molecule has 1 fully saturated rings. The summed E-state index contributed by atoms with van der Waals surface area (Å²) in [6, 6.07) is 0.852. The highest BCUT2D eigenvalue weighted by atomic mass is 32.2. The number of hydrogen-bond donors (Lipinski definition) is 2. The standard InChI is InChI=1S/C13H19NO5S/c1-7-9(6-8(19-7)10(15)16)20(17,18)14-11-12(2,3)13(11,4)5/h6,11,14H,1-5H3,(H,15,16). The molecule has 1 aliphatic rings. The minimum atomic E-state index is -3.79. The molecule has 0 radical (unpaired) electrons. The highest BCUT2D eigenvalue weighted by molar-refractivity contribution is 7.89. The van der Waals surface area contributed by atoms with Crippen LogP contribution in [0.2, 0.25) is 0 Å². The van der Waals surface area contributed by atoms with Crippen LogP contribution >= 0.6 is 0 Å². The SMILES string of the molecule is Cc1oc(C(=O)O)cc1S(=O)(=O)NC1C(C)(C)C1(C)C. The molecule has 1 aromatic heterocycles. The number of sulfonamides is 1. The van der Waals surface area contributed by atoms with Gasteiger partial charge in [0.25, 0.3) is 0 Å². The lowest BCUT2D eigenvalue weighted by Crippen LogP contribution is -2.30. The van der Waals surface area contributed by atoms with Gasteiger partial charge in [-0.25, -0.2) is 17.9 Å². The fraction of sp³-hybridized carbons (Fsp3) is 0.615. The number of carboxylic acids is 1. The molecule has 7 heteroatoms. The quantitative estimate of drug-likeness (QED) is 0.886. The second-order valence-corrected chi connectivity index (χ2v) is 8.02. The number of nitrogens with one attached hydrogen (secondary N) is 1. The van der Waals surface area contributed by atoms with Gasteiger partial charge in [-0.1, -0.05) is 27.7 Å². The minimum Gasteiger partial charge on any atom is -0.475 e. The Morgan fingerprint density at radius 3 is 2.15 bits per heavy atom. The van der Waals surface area contributed by atoms with E-state index >= 15 is 0 Å². The molecule has 0 spiro atoms. The van der Waals surface area contributed by atoms with E-state index in [1.54, 1.807) is 0 Å². The first kappa shape index (κ1) is 15.1. The van der Waals surface area contributed by atoms with E-state index in [1.165, 1.54) is 6.92 Å². The maximum Gasteiger partial charge on any atom is 0.371 e. The highest BCUT2D eigenvalue weighted by Gasteiger charge is 2.66. The number of carbonyl (C=O) groups is 1. The van der Waals surface area contributed by atoms with Crippen LogP contribution in [-0.4, -0.2) is 25.5 Å². The monoisotopic (exact) mass is 301 g/mol. The molecule has 0 bridgehead atoms. The first-order valence-corrected chi connectivity index (χ1v) is 7.75. The van der Waals surface area contributed by atoms with Crippen molar-refractivity contribution in [1.29, 1.82) is 0 Å². The van der Waals surface area contributed by atoms with Crippen molar-refractivity contribution < 1.29 is 22.7 Å². The molecule has 0 amide bonds. The summed E-state index contributed by atoms with van der Waals surface area (Å²) in [5.41, 5.74) is -0.291. The smallest absolute Gasteiger partial charge is 0.371 e. The lowest BCUT2D eigenvalue weighted by Gasteiger charge is -2.06. The van der Waals surface area contributed by atoms with Crippen molar-refractivity contribution in [2.45, 2.75) is 45.6 Å². The molecule has 0 saturated heterocycles. The molecule has 0 aliphatic heterocycles. The molecule has 1 aromatic rings. The van der Waals surface area contributed by atoms with Crippen LogP contribution in [0.4, 0.5) is 0 Å². The Hall–Kier alpha value is -1.34. The second kappa shape index (κ2) is 4.08. The van der Waals surface area contributed by atoms with Crippen molar-refractivity contribution in [2.75, 3.05) is 0 Å². The van der Waals surface area contributed by atoms with E-state index in [4.69, 9.17) is 9.52 Å². The van der Waals surface area contributed by atoms with E-state index in [0.29, 0.717) is 0 Å². The van der Waals surface area contributed by atoms with E-state index in [1.807, 2.05) is 27.7 Å². The molecule has 2 rings (SSSR count). The first-order valence-electron chi connectivity index (χ1n) is 6.27. The number of aryl methyl sites for hydroxylation is 1. The number of hydrogen-bond acceptors (Lipinski definition) is 4. The van der Waals surface area contributed by atoms with Crippen molar-refractivity contribution in [3.63, 3.8) is 0 Å². The third-order valence-corrected chi connectivity index (χ3v) is 6.20. The van der Waals surface area contributed by atoms with Crippen molar-refractivity contribution >= 4 is 16.0 Å². The lowest BCUT2D eigenvalue weighted by molar-refractivity contribution is 0.0661. The largest absolute Gasteiger partial charge is 0.475 e. The van der Waals surface area contributed by atoms with Crippen molar-refractivity contribution in [3.05, 3.63) is 17.6 Å². The van der Waals surface area contributed by atoms with E-state index in [-0.39, 0.29) is 33.3 Å². The van der Waals surface area contributed by atoms with Gasteiger partial charge < -0.3 is 9.52 Å². The molecule has 1 saturated carbocycles. The number of carboxylic acid groups (broad SMARTS) is 1. The Labute approximate surface area is 118 Å². The van der Waals surface area contributed by atoms with Crippen molar-refractivity contribution in [3.8, 4) is 0 Å². The van der Waals surface area contributed by atoms with Gasteiger partial charge >= 0.3 is 5.97 Å². The average Bonchev–Trinajstić information content (AvgIpc) is 2.66. The van der Waals surface area contributed by atoms with Gasteiger partial charge in [-0.3, -0.25) is 0 Å². The predicted molar refractivity (Wildman–Crippen MR) is 72.1 cm³/mol. The van der Waals surface area contributed by atoms with E-state index in [0.717, 1.165) is 6.07 Å². The number of furan rings is 1. The molecule has 1 heterocycles. The summed E-state index contributed by atoms with van der Waals surface area (Å²) in [7, 11) is -3.79. The molecule has 1 aliphatic carbocycles. The molecule has 20 heavy (non-hydrogen) atoms. The summed E-state index contributed by atoms with van der Waals surface area (Å²) in [4.78, 5) is 10.7. The van der Waals surface area contributed by atoms with E-state index in [2.05, 4.69) is 4.72 Å². The topological polar surface area (TPSA) is 96.6 Å². The van der Waals surface area contributed by atoms with Crippen LogP contribution in [0.15, 0.2) is 15.4 Å². The normalized spacial score (nSPS) is 20.9. The first-order chi connectivity index (χ1) is 8.91. The average molecular weight is 301 g/mol. The maximum absolute atomic E-state index is 12.4. The van der Waals surface area contributed by atoms with Crippen LogP contribution in [-0.2, 0) is 10.0 Å². The summed E-state index contributed by atoms with van der Waals surface area (Å²) < 4.78 is 32.3. The molecular weight excluding hydrogens is 282 g/mol. The molecule has 0 atom stereocenters. The number of rotatable bonds is 4. The van der Waals surface area contributed by atoms with Gasteiger partial charge in [0.2, 0.25) is 15.8 Å². The summed E-state index contributed by atoms with van der Waals surface area (Å²) in [5, 5.41) is 8.84. The second-order valence-electron chi connectivity index (χ2n) is 6.33. The molecule has 112 valence electrons. The Balaban J connectivity index is 2.31. The van der Waals surface area contributed by atoms with Crippen molar-refractivity contribution in [1.82, 2.24) is 4.72 Å². The highest BCUT2D eigenvalue weighted by Crippen LogP contribution is 2.63. The molecular formula is C13H19NO5S. The summed E-state index contributed by atoms with van der Waals surface area (Å²) in [5.74, 6) is -1.59. The maximum atomic E-state index is 12.4. The lowest BCUT2D eigenvalue weighted by atomic mass is 10.0. The fourth-order valence-electron chi connectivity index (χ4n) is 2.55. The summed E-state index contributed by atoms with van der Waals surface area (Å²) >= 11 is 0. The summed E-state index contributed by atoms with van der Waals surface area (Å²) in [6.07, 6.45) is 0. The Morgan fingerprint density at radius 1 is 1.30 bits per heavy atom. The Morgan fingerprint density at radius 2 is 1.80 bits per heavy atom. The van der Waals surface area contributed by atoms with Gasteiger partial charge in [-0.15, -0.1) is 0 Å². The van der Waals surface area contributed by atoms with Crippen LogP contribution < -0.4 is 4.72 Å². The zero-order valence-corrected chi connectivity index (χ0v) is 13.0. The Kier molecular flexibility index (Phi) is 3.07. The van der Waals surface area contributed by atoms with E-state index < -0.39 is 16.0 Å². The number of aromatic carboxylic acids is 1. The van der Waals surface area contributed by atoms with E-state index in [9.17, 15) is 13.2 Å². The van der Waals surface area contributed by atoms with Gasteiger partial charge in [0.1, 0.15) is 10.7 Å². The molecule has 6 nitrogen and oxygen atoms in total. The van der Waals surface area contributed by atoms with Gasteiger partial charge in [-0.05, 0) is 17.8 Å². The predicted octanol–water partition coefficient (Wildman–Crippen LogP) is 2.00. The Bertz CT molecular complexity index is 655. The molecule has 0 unspecified atom stereocenters. The van der Waals surface area contributed by atoms with Gasteiger partial charge in [-0.2, -0.15) is 0 Å². The van der Waals surface area contributed by atoms with Crippen LogP contribution in [0.3, 0.4) is 0 Å². The zero-order chi connectivity index (χ0) is 15.5. The third-order valence-electron chi connectivity index (χ3n) is 4.67. The van der Waals surface area contributed by atoms with Crippen LogP contribution in [0.1, 0.15) is 44.0 Å². The van der Waals surface area contributed by atoms with Crippen LogP contribution in [0.5, 0.6) is 0 Å². The zero-order valence-electron chi connectivity index (χ0n) is 12.1. The fourth-order valence-corrected chi connectivity index (χ4v) is 4.26. The van der Waals surface area contributed by atoms with Gasteiger partial charge in [0.15, 0.2) is 0 Å². The third kappa shape index (κ3) is 2.05. The van der Waals surface area contributed by atoms with Gasteiger partial charge in [0.05, 0.1) is 0 Å². The van der Waals surface area contributed by atoms with Crippen LogP contribution in [0.25, 0.3) is 0 Å². The summed E-state index contributed by atoms with van der Waals surface area (Å²) in [6.45, 7) is 9.40. The van der Waals surface area contributed by atoms with Gasteiger partial charge in [0, 0.05) is 12.1 Å².